The lowest BCUT2D eigenvalue weighted by atomic mass is 10.0. The number of ether oxygens (including phenoxy) is 2. The first-order valence-electron chi connectivity index (χ1n) is 21.2. The molecular weight excluding hydrogens is 843 g/mol. The van der Waals surface area contributed by atoms with Crippen LogP contribution in [0.4, 0.5) is 22.7 Å². The van der Waals surface area contributed by atoms with E-state index in [1.165, 1.54) is 12.0 Å². The topological polar surface area (TPSA) is 223 Å². The number of para-hydroxylation sites is 1. The first-order valence-corrected chi connectivity index (χ1v) is 21.2. The zero-order valence-electron chi connectivity index (χ0n) is 36.3. The van der Waals surface area contributed by atoms with Crippen molar-refractivity contribution in [2.24, 2.45) is 10.2 Å². The third-order valence-electron chi connectivity index (χ3n) is 11.3. The van der Waals surface area contributed by atoms with E-state index in [4.69, 9.17) is 9.47 Å². The molecule has 2 aliphatic heterocycles. The van der Waals surface area contributed by atoms with E-state index in [0.29, 0.717) is 62.8 Å². The maximum Gasteiger partial charge on any atom is 0.269 e. The average molecular weight is 888 g/mol. The van der Waals surface area contributed by atoms with Crippen LogP contribution in [-0.2, 0) is 20.9 Å². The molecule has 6 aromatic rings. The van der Waals surface area contributed by atoms with E-state index in [-0.39, 0.29) is 74.1 Å². The molecule has 66 heavy (non-hydrogen) atoms. The Labute approximate surface area is 379 Å². The van der Waals surface area contributed by atoms with Gasteiger partial charge in [0.05, 0.1) is 35.3 Å². The van der Waals surface area contributed by atoms with Gasteiger partial charge in [0.1, 0.15) is 18.3 Å². The number of methoxy groups -OCH3 is 1. The van der Waals surface area contributed by atoms with E-state index in [2.05, 4.69) is 41.5 Å². The lowest BCUT2D eigenvalue weighted by Gasteiger charge is -2.29. The van der Waals surface area contributed by atoms with Gasteiger partial charge in [0.15, 0.2) is 17.3 Å². The molecule has 8 rings (SSSR count). The molecule has 2 aliphatic rings. The van der Waals surface area contributed by atoms with Gasteiger partial charge >= 0.3 is 0 Å². The number of hydrogen-bond acceptors (Lipinski definition) is 13. The highest BCUT2D eigenvalue weighted by Gasteiger charge is 2.40. The molecule has 1 unspecified atom stereocenters. The van der Waals surface area contributed by atoms with Crippen molar-refractivity contribution in [3.8, 4) is 22.6 Å². The summed E-state index contributed by atoms with van der Waals surface area (Å²) in [6.45, 7) is 1.97. The second-order valence-electron chi connectivity index (χ2n) is 15.7. The van der Waals surface area contributed by atoms with Crippen LogP contribution in [-0.4, -0.2) is 83.5 Å². The Morgan fingerprint density at radius 3 is 2.47 bits per heavy atom. The zero-order valence-corrected chi connectivity index (χ0v) is 36.3. The molecule has 0 spiro atoms. The second-order valence-corrected chi connectivity index (χ2v) is 15.7. The van der Waals surface area contributed by atoms with Crippen LogP contribution in [0, 0.1) is 6.92 Å². The number of Topliss-reactive ketones (excluding diaryl/α,β-unsaturated/α-hetero) is 1. The molecule has 0 saturated carbocycles. The summed E-state index contributed by atoms with van der Waals surface area (Å²) in [5.41, 5.74) is 6.93. The highest BCUT2D eigenvalue weighted by Crippen LogP contribution is 2.38. The van der Waals surface area contributed by atoms with Crippen LogP contribution in [0.2, 0.25) is 0 Å². The number of carbonyl (C=O) groups excluding carboxylic acids is 6. The minimum Gasteiger partial charge on any atom is -0.493 e. The molecule has 4 N–H and O–H groups in total. The van der Waals surface area contributed by atoms with Crippen LogP contribution in [0.3, 0.4) is 0 Å². The van der Waals surface area contributed by atoms with Gasteiger partial charge in [0.2, 0.25) is 11.8 Å². The van der Waals surface area contributed by atoms with Crippen molar-refractivity contribution in [2.75, 3.05) is 32.6 Å². The van der Waals surface area contributed by atoms with Gasteiger partial charge in [-0.2, -0.15) is 10.2 Å². The number of pyridine rings is 2. The smallest absolute Gasteiger partial charge is 0.269 e. The molecule has 1 atom stereocenters. The number of rotatable bonds is 16. The molecule has 0 aliphatic carbocycles. The van der Waals surface area contributed by atoms with Crippen molar-refractivity contribution in [1.82, 2.24) is 30.8 Å². The third-order valence-corrected chi connectivity index (χ3v) is 11.3. The third kappa shape index (κ3) is 9.59. The maximum absolute atomic E-state index is 13.2. The largest absolute Gasteiger partial charge is 0.493 e. The number of aryl methyl sites for hydroxylation is 1. The summed E-state index contributed by atoms with van der Waals surface area (Å²) in [5, 5.41) is 20.8. The van der Waals surface area contributed by atoms with Crippen LogP contribution in [0.25, 0.3) is 22.0 Å². The molecule has 1 saturated heterocycles. The quantitative estimate of drug-likeness (QED) is 0.0438. The molecule has 2 aromatic heterocycles. The lowest BCUT2D eigenvalue weighted by Crippen LogP contribution is -2.52. The number of benzene rings is 4. The van der Waals surface area contributed by atoms with Crippen LogP contribution < -0.4 is 30.7 Å². The molecule has 1 fully saturated rings. The van der Waals surface area contributed by atoms with Crippen molar-refractivity contribution in [3.05, 3.63) is 131 Å². The minimum absolute atomic E-state index is 0.156. The molecule has 0 radical (unpaired) electrons. The standard InChI is InChI=1S/C49H45N9O8/c1-28-21-32(56-57-39-13-7-12-34-37(39)26-58(49(34)64)41-18-19-43(60)55-48(41)63)23-42(65-3)45(28)66-27-33(59)11-8-20-51-47(62)40-17-15-30(24-52-40)29-14-16-38-35(22-29)44(36(25-53-38)46(61)50-2)54-31-9-5-4-6-10-31/h4-7,9-10,12-17,21-25,41H,8,11,18-20,26-27H2,1-3H3,(H,50,61)(H,51,62)(H,53,54)(H,55,60,63). The van der Waals surface area contributed by atoms with Gasteiger partial charge < -0.3 is 30.3 Å². The Bertz CT molecular complexity index is 2920. The molecule has 4 heterocycles. The fourth-order valence-corrected chi connectivity index (χ4v) is 7.87. The van der Waals surface area contributed by atoms with E-state index in [1.54, 1.807) is 68.8 Å². The zero-order chi connectivity index (χ0) is 46.3. The molecular formula is C49H45N9O8. The first-order chi connectivity index (χ1) is 32.0. The number of fused-ring (bicyclic) bond motifs is 2. The molecule has 0 bridgehead atoms. The molecule has 4 aromatic carbocycles. The van der Waals surface area contributed by atoms with Gasteiger partial charge in [-0.25, -0.2) is 0 Å². The number of hydrogen-bond donors (Lipinski definition) is 4. The second kappa shape index (κ2) is 19.6. The summed E-state index contributed by atoms with van der Waals surface area (Å²) in [5.74, 6) is -1.27. The first kappa shape index (κ1) is 44.3. The van der Waals surface area contributed by atoms with Crippen LogP contribution in [0.15, 0.2) is 114 Å². The van der Waals surface area contributed by atoms with Gasteiger partial charge in [-0.05, 0) is 79.4 Å². The number of piperidine rings is 1. The molecule has 334 valence electrons. The van der Waals surface area contributed by atoms with E-state index in [9.17, 15) is 28.8 Å². The number of anilines is 2. The Morgan fingerprint density at radius 2 is 1.71 bits per heavy atom. The molecule has 5 amide bonds. The van der Waals surface area contributed by atoms with Crippen LogP contribution in [0.1, 0.15) is 68.0 Å². The van der Waals surface area contributed by atoms with Crippen molar-refractivity contribution in [3.63, 3.8) is 0 Å². The van der Waals surface area contributed by atoms with Crippen molar-refractivity contribution in [2.45, 2.75) is 45.2 Å². The van der Waals surface area contributed by atoms with Gasteiger partial charge in [0, 0.05) is 79.2 Å². The summed E-state index contributed by atoms with van der Waals surface area (Å²) in [6, 6.07) is 26.4. The molecule has 17 nitrogen and oxygen atoms in total. The Balaban J connectivity index is 0.834. The van der Waals surface area contributed by atoms with E-state index in [1.807, 2.05) is 48.5 Å². The van der Waals surface area contributed by atoms with E-state index < -0.39 is 11.9 Å². The van der Waals surface area contributed by atoms with Gasteiger partial charge in [-0.1, -0.05) is 36.4 Å². The lowest BCUT2D eigenvalue weighted by molar-refractivity contribution is -0.137. The number of aromatic nitrogens is 2. The average Bonchev–Trinajstić information content (AvgIpc) is 3.67. The van der Waals surface area contributed by atoms with E-state index >= 15 is 0 Å². The predicted octanol–water partition coefficient (Wildman–Crippen LogP) is 7.05. The normalized spacial score (nSPS) is 14.5. The SMILES string of the molecule is CNC(=O)c1cnc2ccc(-c3ccc(C(=O)NCCCC(=O)COc4c(C)cc(N=Nc5cccc6c5CN(C5CCC(=O)NC5=O)C6=O)cc4OC)nc3)cc2c1Nc1ccccc1. The highest BCUT2D eigenvalue weighted by atomic mass is 16.5. The molecule has 17 heteroatoms. The fourth-order valence-electron chi connectivity index (χ4n) is 7.87. The van der Waals surface area contributed by atoms with Crippen molar-refractivity contribution in [1.29, 1.82) is 0 Å². The fraction of sp³-hybridized carbons (Fsp3) is 0.224. The van der Waals surface area contributed by atoms with Gasteiger partial charge in [0.25, 0.3) is 17.7 Å². The van der Waals surface area contributed by atoms with E-state index in [0.717, 1.165) is 22.2 Å². The summed E-state index contributed by atoms with van der Waals surface area (Å²) >= 11 is 0. The van der Waals surface area contributed by atoms with Gasteiger partial charge in [-0.15, -0.1) is 0 Å². The summed E-state index contributed by atoms with van der Waals surface area (Å²) in [7, 11) is 3.04. The maximum atomic E-state index is 13.2. The Morgan fingerprint density at radius 1 is 0.894 bits per heavy atom. The highest BCUT2D eigenvalue weighted by molar-refractivity contribution is 6.09. The van der Waals surface area contributed by atoms with Crippen LogP contribution in [0.5, 0.6) is 11.5 Å². The predicted molar refractivity (Wildman–Crippen MR) is 245 cm³/mol. The summed E-state index contributed by atoms with van der Waals surface area (Å²) < 4.78 is 11.5. The van der Waals surface area contributed by atoms with Gasteiger partial charge in [-0.3, -0.25) is 44.1 Å². The minimum atomic E-state index is -0.747. The summed E-state index contributed by atoms with van der Waals surface area (Å²) in [6.07, 6.45) is 4.11. The van der Waals surface area contributed by atoms with Crippen molar-refractivity contribution >= 4 is 69.0 Å². The number of nitrogens with one attached hydrogen (secondary N) is 4. The number of imide groups is 1. The Hall–Kier alpha value is -8.34. The number of carbonyl (C=O) groups is 6. The number of amides is 5. The van der Waals surface area contributed by atoms with Crippen molar-refractivity contribution < 1.29 is 38.2 Å². The number of nitrogens with zero attached hydrogens (tertiary/aromatic N) is 5. The summed E-state index contributed by atoms with van der Waals surface area (Å²) in [4.78, 5) is 86.4. The van der Waals surface area contributed by atoms with Crippen LogP contribution >= 0.6 is 0 Å². The Kier molecular flexibility index (Phi) is 13.1. The number of azo groups is 1. The monoisotopic (exact) mass is 887 g/mol. The number of ketones is 1.